The Morgan fingerprint density at radius 2 is 2.00 bits per heavy atom. The van der Waals surface area contributed by atoms with E-state index in [9.17, 15) is 4.79 Å². The second kappa shape index (κ2) is 5.54. The number of benzene rings is 1. The van der Waals surface area contributed by atoms with Crippen molar-refractivity contribution in [3.05, 3.63) is 34.9 Å². The minimum Gasteiger partial charge on any atom is -0.349 e. The molecule has 0 heterocycles. The summed E-state index contributed by atoms with van der Waals surface area (Å²) in [6, 6.07) is 7.49. The Hall–Kier alpha value is -1.02. The molecule has 1 aliphatic rings. The van der Waals surface area contributed by atoms with Crippen molar-refractivity contribution in [2.24, 2.45) is 5.92 Å². The summed E-state index contributed by atoms with van der Waals surface area (Å²) in [5.41, 5.74) is 0.576. The first kappa shape index (κ1) is 12.4. The maximum atomic E-state index is 12.1. The van der Waals surface area contributed by atoms with Crippen LogP contribution in [0.25, 0.3) is 0 Å². The largest absolute Gasteiger partial charge is 0.349 e. The van der Waals surface area contributed by atoms with Crippen molar-refractivity contribution in [1.82, 2.24) is 5.32 Å². The van der Waals surface area contributed by atoms with E-state index in [4.69, 9.17) is 11.6 Å². The van der Waals surface area contributed by atoms with Crippen LogP contribution in [0, 0.1) is 5.92 Å². The molecule has 0 aromatic heterocycles. The molecule has 1 amide bonds. The Bertz CT molecular complexity index is 405. The molecule has 92 valence electrons. The highest BCUT2D eigenvalue weighted by molar-refractivity contribution is 6.33. The molecule has 17 heavy (non-hydrogen) atoms. The zero-order valence-electron chi connectivity index (χ0n) is 10.1. The van der Waals surface area contributed by atoms with Gasteiger partial charge in [0.25, 0.3) is 5.91 Å². The quantitative estimate of drug-likeness (QED) is 0.854. The van der Waals surface area contributed by atoms with Gasteiger partial charge in [-0.3, -0.25) is 4.79 Å². The van der Waals surface area contributed by atoms with Gasteiger partial charge in [0.1, 0.15) is 0 Å². The molecule has 0 saturated heterocycles. The predicted molar refractivity (Wildman–Crippen MR) is 70.3 cm³/mol. The highest BCUT2D eigenvalue weighted by Gasteiger charge is 2.23. The lowest BCUT2D eigenvalue weighted by atomic mass is 9.86. The molecule has 0 unspecified atom stereocenters. The van der Waals surface area contributed by atoms with Gasteiger partial charge < -0.3 is 5.32 Å². The molecule has 0 aliphatic heterocycles. The number of amides is 1. The van der Waals surface area contributed by atoms with Crippen LogP contribution in [0.5, 0.6) is 0 Å². The zero-order chi connectivity index (χ0) is 12.3. The van der Waals surface area contributed by atoms with Crippen LogP contribution in [0.3, 0.4) is 0 Å². The van der Waals surface area contributed by atoms with E-state index in [0.29, 0.717) is 22.5 Å². The second-order valence-electron chi connectivity index (χ2n) is 4.82. The molecule has 0 radical (unpaired) electrons. The lowest BCUT2D eigenvalue weighted by molar-refractivity contribution is 0.0910. The standard InChI is InChI=1S/C14H18ClNO/c1-10-6-2-5-9-13(10)16-14(17)11-7-3-4-8-12(11)15/h3-4,7-8,10,13H,2,5-6,9H2,1H3,(H,16,17)/t10-,13+/m0/s1. The van der Waals surface area contributed by atoms with Crippen LogP contribution < -0.4 is 5.32 Å². The smallest absolute Gasteiger partial charge is 0.253 e. The number of nitrogens with one attached hydrogen (secondary N) is 1. The molecule has 1 aliphatic carbocycles. The number of rotatable bonds is 2. The minimum atomic E-state index is -0.0469. The Morgan fingerprint density at radius 1 is 1.29 bits per heavy atom. The third-order valence-corrected chi connectivity index (χ3v) is 3.88. The fourth-order valence-electron chi connectivity index (χ4n) is 2.42. The summed E-state index contributed by atoms with van der Waals surface area (Å²) in [6.45, 7) is 2.21. The van der Waals surface area contributed by atoms with E-state index in [0.717, 1.165) is 6.42 Å². The Balaban J connectivity index is 2.04. The molecule has 1 saturated carbocycles. The lowest BCUT2D eigenvalue weighted by Crippen LogP contribution is -2.41. The fourth-order valence-corrected chi connectivity index (χ4v) is 2.64. The molecule has 1 aromatic carbocycles. The molecular weight excluding hydrogens is 234 g/mol. The van der Waals surface area contributed by atoms with Crippen molar-refractivity contribution in [3.8, 4) is 0 Å². The van der Waals surface area contributed by atoms with Gasteiger partial charge in [-0.25, -0.2) is 0 Å². The summed E-state index contributed by atoms with van der Waals surface area (Å²) >= 11 is 6.01. The normalized spacial score (nSPS) is 24.4. The molecule has 0 spiro atoms. The van der Waals surface area contributed by atoms with E-state index in [1.807, 2.05) is 12.1 Å². The number of hydrogen-bond acceptors (Lipinski definition) is 1. The van der Waals surface area contributed by atoms with Crippen LogP contribution >= 0.6 is 11.6 Å². The van der Waals surface area contributed by atoms with Crippen LogP contribution in [0.2, 0.25) is 5.02 Å². The first-order chi connectivity index (χ1) is 8.18. The number of hydrogen-bond donors (Lipinski definition) is 1. The van der Waals surface area contributed by atoms with Gasteiger partial charge in [-0.1, -0.05) is 43.5 Å². The fraction of sp³-hybridized carbons (Fsp3) is 0.500. The second-order valence-corrected chi connectivity index (χ2v) is 5.23. The summed E-state index contributed by atoms with van der Waals surface area (Å²) in [7, 11) is 0. The van der Waals surface area contributed by atoms with E-state index in [1.54, 1.807) is 12.1 Å². The van der Waals surface area contributed by atoms with Crippen molar-refractivity contribution in [2.45, 2.75) is 38.6 Å². The maximum absolute atomic E-state index is 12.1. The maximum Gasteiger partial charge on any atom is 0.253 e. The molecule has 3 heteroatoms. The summed E-state index contributed by atoms with van der Waals surface area (Å²) in [4.78, 5) is 12.1. The number of carbonyl (C=O) groups is 1. The average Bonchev–Trinajstić information content (AvgIpc) is 2.32. The van der Waals surface area contributed by atoms with Crippen LogP contribution in [-0.4, -0.2) is 11.9 Å². The lowest BCUT2D eigenvalue weighted by Gasteiger charge is -2.29. The molecule has 1 aromatic rings. The first-order valence-corrected chi connectivity index (χ1v) is 6.61. The average molecular weight is 252 g/mol. The minimum absolute atomic E-state index is 0.0469. The molecule has 1 fully saturated rings. The Labute approximate surface area is 107 Å². The third kappa shape index (κ3) is 3.01. The molecule has 2 rings (SSSR count). The molecule has 0 bridgehead atoms. The highest BCUT2D eigenvalue weighted by Crippen LogP contribution is 2.24. The van der Waals surface area contributed by atoms with Crippen LogP contribution in [-0.2, 0) is 0 Å². The summed E-state index contributed by atoms with van der Waals surface area (Å²) in [5, 5.41) is 3.62. The van der Waals surface area contributed by atoms with Gasteiger partial charge in [-0.15, -0.1) is 0 Å². The number of carbonyl (C=O) groups excluding carboxylic acids is 1. The molecular formula is C14H18ClNO. The Kier molecular flexibility index (Phi) is 4.06. The van der Waals surface area contributed by atoms with Gasteiger partial charge in [-0.05, 0) is 30.9 Å². The summed E-state index contributed by atoms with van der Waals surface area (Å²) in [6.07, 6.45) is 4.77. The van der Waals surface area contributed by atoms with Gasteiger partial charge in [0.2, 0.25) is 0 Å². The van der Waals surface area contributed by atoms with E-state index in [2.05, 4.69) is 12.2 Å². The van der Waals surface area contributed by atoms with Crippen molar-refractivity contribution in [2.75, 3.05) is 0 Å². The third-order valence-electron chi connectivity index (χ3n) is 3.55. The van der Waals surface area contributed by atoms with Crippen LogP contribution in [0.15, 0.2) is 24.3 Å². The van der Waals surface area contributed by atoms with Crippen molar-refractivity contribution < 1.29 is 4.79 Å². The van der Waals surface area contributed by atoms with Gasteiger partial charge in [0.05, 0.1) is 10.6 Å². The predicted octanol–water partition coefficient (Wildman–Crippen LogP) is 3.65. The van der Waals surface area contributed by atoms with Crippen LogP contribution in [0.4, 0.5) is 0 Å². The Morgan fingerprint density at radius 3 is 2.71 bits per heavy atom. The topological polar surface area (TPSA) is 29.1 Å². The van der Waals surface area contributed by atoms with E-state index >= 15 is 0 Å². The van der Waals surface area contributed by atoms with E-state index in [-0.39, 0.29) is 5.91 Å². The van der Waals surface area contributed by atoms with Gasteiger partial charge in [0.15, 0.2) is 0 Å². The highest BCUT2D eigenvalue weighted by atomic mass is 35.5. The molecule has 2 atom stereocenters. The number of halogens is 1. The molecule has 1 N–H and O–H groups in total. The van der Waals surface area contributed by atoms with Crippen LogP contribution in [0.1, 0.15) is 43.0 Å². The zero-order valence-corrected chi connectivity index (χ0v) is 10.8. The van der Waals surface area contributed by atoms with Gasteiger partial charge in [0, 0.05) is 6.04 Å². The molecule has 2 nitrogen and oxygen atoms in total. The van der Waals surface area contributed by atoms with Gasteiger partial charge >= 0.3 is 0 Å². The van der Waals surface area contributed by atoms with Gasteiger partial charge in [-0.2, -0.15) is 0 Å². The van der Waals surface area contributed by atoms with Crippen molar-refractivity contribution >= 4 is 17.5 Å². The van der Waals surface area contributed by atoms with E-state index in [1.165, 1.54) is 19.3 Å². The van der Waals surface area contributed by atoms with Crippen molar-refractivity contribution in [1.29, 1.82) is 0 Å². The SMILES string of the molecule is C[C@H]1CCCC[C@H]1NC(=O)c1ccccc1Cl. The van der Waals surface area contributed by atoms with E-state index < -0.39 is 0 Å². The van der Waals surface area contributed by atoms with Crippen molar-refractivity contribution in [3.63, 3.8) is 0 Å². The summed E-state index contributed by atoms with van der Waals surface area (Å²) in [5.74, 6) is 0.518. The first-order valence-electron chi connectivity index (χ1n) is 6.24. The monoisotopic (exact) mass is 251 g/mol. The summed E-state index contributed by atoms with van der Waals surface area (Å²) < 4.78 is 0.